The molecular formula is C18H20N4OS. The first kappa shape index (κ1) is 16.4. The fraction of sp³-hybridized carbons (Fsp3) is 0.278. The Morgan fingerprint density at radius 1 is 1.29 bits per heavy atom. The van der Waals surface area contributed by atoms with Crippen LogP contribution in [0.15, 0.2) is 36.0 Å². The Bertz CT molecular complexity index is 866. The molecule has 0 aliphatic heterocycles. The Morgan fingerprint density at radius 3 is 2.79 bits per heavy atom. The van der Waals surface area contributed by atoms with Crippen LogP contribution in [-0.4, -0.2) is 27.2 Å². The third-order valence-corrected chi connectivity index (χ3v) is 4.93. The molecule has 2 aromatic heterocycles. The smallest absolute Gasteiger partial charge is 0.251 e. The molecule has 2 heterocycles. The number of hydrogen-bond donors (Lipinski definition) is 1. The lowest BCUT2D eigenvalue weighted by Crippen LogP contribution is -2.25. The van der Waals surface area contributed by atoms with Gasteiger partial charge in [0, 0.05) is 42.2 Å². The monoisotopic (exact) mass is 340 g/mol. The summed E-state index contributed by atoms with van der Waals surface area (Å²) < 4.78 is 1.79. The molecular weight excluding hydrogens is 320 g/mol. The Kier molecular flexibility index (Phi) is 4.76. The molecule has 0 fully saturated rings. The number of amides is 1. The van der Waals surface area contributed by atoms with Gasteiger partial charge in [-0.15, -0.1) is 11.3 Å². The van der Waals surface area contributed by atoms with Crippen molar-refractivity contribution in [3.05, 3.63) is 57.8 Å². The van der Waals surface area contributed by atoms with Crippen LogP contribution in [0.1, 0.15) is 26.6 Å². The summed E-state index contributed by atoms with van der Waals surface area (Å²) >= 11 is 1.63. The van der Waals surface area contributed by atoms with Crippen molar-refractivity contribution in [3.63, 3.8) is 0 Å². The van der Waals surface area contributed by atoms with E-state index in [-0.39, 0.29) is 5.91 Å². The highest BCUT2D eigenvalue weighted by Gasteiger charge is 2.10. The molecule has 3 aromatic rings. The quantitative estimate of drug-likeness (QED) is 0.776. The number of aromatic nitrogens is 3. The summed E-state index contributed by atoms with van der Waals surface area (Å²) in [5.74, 6) is -0.0550. The minimum Gasteiger partial charge on any atom is -0.352 e. The van der Waals surface area contributed by atoms with Crippen molar-refractivity contribution in [1.29, 1.82) is 0 Å². The van der Waals surface area contributed by atoms with E-state index in [0.717, 1.165) is 28.9 Å². The summed E-state index contributed by atoms with van der Waals surface area (Å²) in [6.45, 7) is 4.57. The van der Waals surface area contributed by atoms with Crippen molar-refractivity contribution >= 4 is 17.2 Å². The molecule has 5 nitrogen and oxygen atoms in total. The number of rotatable bonds is 5. The molecule has 0 spiro atoms. The van der Waals surface area contributed by atoms with E-state index in [1.807, 2.05) is 56.9 Å². The number of benzene rings is 1. The van der Waals surface area contributed by atoms with Crippen LogP contribution in [0, 0.1) is 13.8 Å². The molecule has 1 aromatic carbocycles. The Morgan fingerprint density at radius 2 is 2.12 bits per heavy atom. The SMILES string of the molecule is Cc1nn(C)cc1-c1cccc(C(=O)NCCc2scnc2C)c1. The van der Waals surface area contributed by atoms with Gasteiger partial charge < -0.3 is 5.32 Å². The highest BCUT2D eigenvalue weighted by atomic mass is 32.1. The first-order chi connectivity index (χ1) is 11.5. The van der Waals surface area contributed by atoms with Gasteiger partial charge in [-0.05, 0) is 31.5 Å². The minimum absolute atomic E-state index is 0.0550. The summed E-state index contributed by atoms with van der Waals surface area (Å²) in [6, 6.07) is 7.66. The van der Waals surface area contributed by atoms with Crippen molar-refractivity contribution in [2.75, 3.05) is 6.54 Å². The van der Waals surface area contributed by atoms with Crippen LogP contribution in [0.2, 0.25) is 0 Å². The summed E-state index contributed by atoms with van der Waals surface area (Å²) in [5.41, 5.74) is 6.56. The van der Waals surface area contributed by atoms with Crippen molar-refractivity contribution in [3.8, 4) is 11.1 Å². The van der Waals surface area contributed by atoms with Crippen molar-refractivity contribution in [2.24, 2.45) is 7.05 Å². The summed E-state index contributed by atoms with van der Waals surface area (Å²) in [6.07, 6.45) is 2.78. The van der Waals surface area contributed by atoms with E-state index < -0.39 is 0 Å². The molecule has 0 aliphatic carbocycles. The maximum atomic E-state index is 12.4. The predicted molar refractivity (Wildman–Crippen MR) is 96.3 cm³/mol. The molecule has 0 radical (unpaired) electrons. The Balaban J connectivity index is 1.68. The lowest BCUT2D eigenvalue weighted by molar-refractivity contribution is 0.0954. The molecule has 3 rings (SSSR count). The van der Waals surface area contributed by atoms with Crippen LogP contribution < -0.4 is 5.32 Å². The van der Waals surface area contributed by atoms with E-state index in [9.17, 15) is 4.79 Å². The van der Waals surface area contributed by atoms with Gasteiger partial charge in [-0.2, -0.15) is 5.10 Å². The second-order valence-corrected chi connectivity index (χ2v) is 6.69. The molecule has 0 atom stereocenters. The molecule has 0 bridgehead atoms. The summed E-state index contributed by atoms with van der Waals surface area (Å²) in [7, 11) is 1.90. The van der Waals surface area contributed by atoms with Crippen LogP contribution in [0.25, 0.3) is 11.1 Å². The fourth-order valence-electron chi connectivity index (χ4n) is 2.67. The number of thiazole rings is 1. The Hall–Kier alpha value is -2.47. The molecule has 1 amide bonds. The van der Waals surface area contributed by atoms with Crippen molar-refractivity contribution < 1.29 is 4.79 Å². The van der Waals surface area contributed by atoms with Crippen molar-refractivity contribution in [1.82, 2.24) is 20.1 Å². The molecule has 124 valence electrons. The van der Waals surface area contributed by atoms with E-state index in [0.29, 0.717) is 12.1 Å². The van der Waals surface area contributed by atoms with Crippen LogP contribution >= 0.6 is 11.3 Å². The van der Waals surface area contributed by atoms with Gasteiger partial charge in [0.05, 0.1) is 16.9 Å². The molecule has 24 heavy (non-hydrogen) atoms. The van der Waals surface area contributed by atoms with E-state index in [1.54, 1.807) is 16.0 Å². The van der Waals surface area contributed by atoms with Gasteiger partial charge in [0.15, 0.2) is 0 Å². The van der Waals surface area contributed by atoms with E-state index in [2.05, 4.69) is 15.4 Å². The van der Waals surface area contributed by atoms with Crippen LogP contribution in [0.4, 0.5) is 0 Å². The second-order valence-electron chi connectivity index (χ2n) is 5.75. The second kappa shape index (κ2) is 6.97. The summed E-state index contributed by atoms with van der Waals surface area (Å²) in [4.78, 5) is 17.8. The number of carbonyl (C=O) groups is 1. The largest absolute Gasteiger partial charge is 0.352 e. The number of carbonyl (C=O) groups excluding carboxylic acids is 1. The van der Waals surface area contributed by atoms with Crippen LogP contribution in [0.5, 0.6) is 0 Å². The van der Waals surface area contributed by atoms with Crippen LogP contribution in [-0.2, 0) is 13.5 Å². The van der Waals surface area contributed by atoms with Crippen molar-refractivity contribution in [2.45, 2.75) is 20.3 Å². The number of nitrogens with zero attached hydrogens (tertiary/aromatic N) is 3. The van der Waals surface area contributed by atoms with Gasteiger partial charge in [-0.25, -0.2) is 4.98 Å². The topological polar surface area (TPSA) is 59.8 Å². The number of hydrogen-bond acceptors (Lipinski definition) is 4. The first-order valence-electron chi connectivity index (χ1n) is 7.82. The van der Waals surface area contributed by atoms with E-state index >= 15 is 0 Å². The molecule has 0 unspecified atom stereocenters. The number of nitrogens with one attached hydrogen (secondary N) is 1. The van der Waals surface area contributed by atoms with Gasteiger partial charge >= 0.3 is 0 Å². The lowest BCUT2D eigenvalue weighted by atomic mass is 10.0. The van der Waals surface area contributed by atoms with Crippen LogP contribution in [0.3, 0.4) is 0 Å². The molecule has 0 saturated heterocycles. The highest BCUT2D eigenvalue weighted by molar-refractivity contribution is 7.09. The fourth-order valence-corrected chi connectivity index (χ4v) is 3.45. The van der Waals surface area contributed by atoms with Gasteiger partial charge in [-0.1, -0.05) is 12.1 Å². The van der Waals surface area contributed by atoms with Gasteiger partial charge in [-0.3, -0.25) is 9.48 Å². The third-order valence-electron chi connectivity index (χ3n) is 3.93. The first-order valence-corrected chi connectivity index (χ1v) is 8.70. The molecule has 6 heteroatoms. The maximum Gasteiger partial charge on any atom is 0.251 e. The van der Waals surface area contributed by atoms with E-state index in [1.165, 1.54) is 4.88 Å². The maximum absolute atomic E-state index is 12.4. The number of aryl methyl sites for hydroxylation is 3. The zero-order chi connectivity index (χ0) is 17.1. The lowest BCUT2D eigenvalue weighted by Gasteiger charge is -2.07. The Labute approximate surface area is 145 Å². The average Bonchev–Trinajstić information content (AvgIpc) is 3.12. The molecule has 1 N–H and O–H groups in total. The zero-order valence-electron chi connectivity index (χ0n) is 14.0. The summed E-state index contributed by atoms with van der Waals surface area (Å²) in [5, 5.41) is 7.34. The average molecular weight is 340 g/mol. The normalized spacial score (nSPS) is 10.8. The predicted octanol–water partition coefficient (Wildman–Crippen LogP) is 3.13. The standard InChI is InChI=1S/C18H20N4OS/c1-12-16(10-22(3)21-12)14-5-4-6-15(9-14)18(23)19-8-7-17-13(2)20-11-24-17/h4-6,9-11H,7-8H2,1-3H3,(H,19,23). The highest BCUT2D eigenvalue weighted by Crippen LogP contribution is 2.23. The molecule has 0 aliphatic rings. The van der Waals surface area contributed by atoms with Gasteiger partial charge in [0.25, 0.3) is 5.91 Å². The van der Waals surface area contributed by atoms with Gasteiger partial charge in [0.2, 0.25) is 0 Å². The van der Waals surface area contributed by atoms with Gasteiger partial charge in [0.1, 0.15) is 0 Å². The van der Waals surface area contributed by atoms with E-state index in [4.69, 9.17) is 0 Å². The minimum atomic E-state index is -0.0550. The third kappa shape index (κ3) is 3.54. The molecule has 0 saturated carbocycles. The zero-order valence-corrected chi connectivity index (χ0v) is 14.9.